The van der Waals surface area contributed by atoms with E-state index >= 15 is 0 Å². The minimum atomic E-state index is 0.579. The highest BCUT2D eigenvalue weighted by atomic mass is 14.9. The average molecular weight is 181 g/mol. The third-order valence-corrected chi connectivity index (χ3v) is 2.99. The van der Waals surface area contributed by atoms with E-state index in [1.807, 2.05) is 6.08 Å². The summed E-state index contributed by atoms with van der Waals surface area (Å²) in [5.74, 6) is 0. The molecule has 1 fully saturated rings. The van der Waals surface area contributed by atoms with E-state index in [0.717, 1.165) is 19.0 Å². The van der Waals surface area contributed by atoms with Crippen LogP contribution in [0.15, 0.2) is 12.7 Å². The first-order valence-electron chi connectivity index (χ1n) is 5.48. The zero-order valence-corrected chi connectivity index (χ0v) is 9.10. The second kappa shape index (κ2) is 4.80. The molecule has 1 saturated carbocycles. The van der Waals surface area contributed by atoms with E-state index in [2.05, 4.69) is 25.7 Å². The van der Waals surface area contributed by atoms with Crippen LogP contribution in [-0.2, 0) is 0 Å². The van der Waals surface area contributed by atoms with Crippen molar-refractivity contribution in [3.63, 3.8) is 0 Å². The van der Waals surface area contributed by atoms with E-state index in [9.17, 15) is 0 Å². The summed E-state index contributed by atoms with van der Waals surface area (Å²) >= 11 is 0. The van der Waals surface area contributed by atoms with Gasteiger partial charge in [-0.25, -0.2) is 0 Å². The fourth-order valence-corrected chi connectivity index (χ4v) is 2.16. The van der Waals surface area contributed by atoms with Crippen molar-refractivity contribution in [1.29, 1.82) is 0 Å². The van der Waals surface area contributed by atoms with Gasteiger partial charge in [-0.05, 0) is 44.1 Å². The maximum Gasteiger partial charge on any atom is 0.00723 e. The molecule has 0 saturated heterocycles. The van der Waals surface area contributed by atoms with Gasteiger partial charge in [0.05, 0.1) is 0 Å². The van der Waals surface area contributed by atoms with Crippen molar-refractivity contribution in [1.82, 2.24) is 5.32 Å². The topological polar surface area (TPSA) is 12.0 Å². The number of rotatable bonds is 5. The molecular weight excluding hydrogens is 158 g/mol. The molecular formula is C12H23N. The van der Waals surface area contributed by atoms with E-state index in [-0.39, 0.29) is 0 Å². The van der Waals surface area contributed by atoms with Crippen molar-refractivity contribution in [2.45, 2.75) is 52.0 Å². The number of allylic oxidation sites excluding steroid dienone is 1. The molecule has 0 heterocycles. The second-order valence-electron chi connectivity index (χ2n) is 4.99. The van der Waals surface area contributed by atoms with Crippen LogP contribution in [0.5, 0.6) is 0 Å². The fraction of sp³-hybridized carbons (Fsp3) is 0.833. The summed E-state index contributed by atoms with van der Waals surface area (Å²) in [6.45, 7) is 9.63. The summed E-state index contributed by atoms with van der Waals surface area (Å²) in [5.41, 5.74) is 0.579. The molecule has 1 heteroatoms. The molecule has 1 rings (SSSR count). The predicted octanol–water partition coefficient (Wildman–Crippen LogP) is 3.12. The quantitative estimate of drug-likeness (QED) is 0.507. The summed E-state index contributed by atoms with van der Waals surface area (Å²) in [6, 6.07) is 0.778. The van der Waals surface area contributed by atoms with E-state index in [1.165, 1.54) is 25.7 Å². The van der Waals surface area contributed by atoms with Crippen molar-refractivity contribution in [3.8, 4) is 0 Å². The summed E-state index contributed by atoms with van der Waals surface area (Å²) in [5, 5.41) is 3.62. The van der Waals surface area contributed by atoms with Gasteiger partial charge in [0.1, 0.15) is 0 Å². The highest BCUT2D eigenvalue weighted by molar-refractivity contribution is 4.86. The lowest BCUT2D eigenvalue weighted by molar-refractivity contribution is 0.364. The van der Waals surface area contributed by atoms with Gasteiger partial charge in [-0.1, -0.05) is 19.9 Å². The minimum Gasteiger partial charge on any atom is -0.314 e. The molecule has 13 heavy (non-hydrogen) atoms. The van der Waals surface area contributed by atoms with Gasteiger partial charge in [0, 0.05) is 6.04 Å². The lowest BCUT2D eigenvalue weighted by Crippen LogP contribution is -2.28. The van der Waals surface area contributed by atoms with Crippen LogP contribution >= 0.6 is 0 Å². The molecule has 0 spiro atoms. The van der Waals surface area contributed by atoms with Gasteiger partial charge >= 0.3 is 0 Å². The average Bonchev–Trinajstić information content (AvgIpc) is 2.40. The minimum absolute atomic E-state index is 0.579. The molecule has 1 aliphatic rings. The first-order chi connectivity index (χ1) is 6.14. The highest BCUT2D eigenvalue weighted by Gasteiger charge is 2.29. The van der Waals surface area contributed by atoms with Crippen molar-refractivity contribution in [2.24, 2.45) is 5.41 Å². The summed E-state index contributed by atoms with van der Waals surface area (Å²) in [6.07, 6.45) is 8.47. The molecule has 1 nitrogen and oxygen atoms in total. The van der Waals surface area contributed by atoms with E-state index in [0.29, 0.717) is 5.41 Å². The Morgan fingerprint density at radius 1 is 1.54 bits per heavy atom. The third kappa shape index (κ3) is 3.95. The Bertz CT molecular complexity index is 161. The Morgan fingerprint density at radius 3 is 2.85 bits per heavy atom. The molecule has 1 aliphatic carbocycles. The first kappa shape index (κ1) is 10.8. The van der Waals surface area contributed by atoms with Crippen LogP contribution in [0.3, 0.4) is 0 Å². The van der Waals surface area contributed by atoms with Crippen molar-refractivity contribution < 1.29 is 0 Å². The molecule has 0 amide bonds. The molecule has 0 aromatic rings. The number of nitrogens with one attached hydrogen (secondary N) is 1. The van der Waals surface area contributed by atoms with Gasteiger partial charge in [-0.15, -0.1) is 6.58 Å². The highest BCUT2D eigenvalue weighted by Crippen LogP contribution is 2.36. The van der Waals surface area contributed by atoms with Crippen LogP contribution in [0.4, 0.5) is 0 Å². The Morgan fingerprint density at radius 2 is 2.31 bits per heavy atom. The molecule has 1 N–H and O–H groups in total. The number of hydrogen-bond donors (Lipinski definition) is 1. The number of unbranched alkanes of at least 4 members (excludes halogenated alkanes) is 1. The van der Waals surface area contributed by atoms with Crippen LogP contribution in [0.1, 0.15) is 46.0 Å². The zero-order chi connectivity index (χ0) is 9.73. The molecule has 0 aromatic heterocycles. The lowest BCUT2D eigenvalue weighted by Gasteiger charge is -2.17. The Balaban J connectivity index is 2.07. The van der Waals surface area contributed by atoms with Gasteiger partial charge in [-0.2, -0.15) is 0 Å². The molecule has 1 unspecified atom stereocenters. The van der Waals surface area contributed by atoms with Crippen LogP contribution < -0.4 is 5.32 Å². The smallest absolute Gasteiger partial charge is 0.00723 e. The van der Waals surface area contributed by atoms with Gasteiger partial charge in [0.25, 0.3) is 0 Å². The second-order valence-corrected chi connectivity index (χ2v) is 4.99. The Labute approximate surface area is 82.6 Å². The summed E-state index contributed by atoms with van der Waals surface area (Å²) < 4.78 is 0. The molecule has 0 radical (unpaired) electrons. The van der Waals surface area contributed by atoms with Crippen LogP contribution in [0.2, 0.25) is 0 Å². The van der Waals surface area contributed by atoms with Gasteiger partial charge < -0.3 is 5.32 Å². The number of hydrogen-bond acceptors (Lipinski definition) is 1. The van der Waals surface area contributed by atoms with Crippen molar-refractivity contribution in [2.75, 3.05) is 6.54 Å². The van der Waals surface area contributed by atoms with Crippen LogP contribution in [-0.4, -0.2) is 12.6 Å². The summed E-state index contributed by atoms with van der Waals surface area (Å²) in [7, 11) is 0. The van der Waals surface area contributed by atoms with E-state index in [4.69, 9.17) is 0 Å². The monoisotopic (exact) mass is 181 g/mol. The van der Waals surface area contributed by atoms with Crippen molar-refractivity contribution in [3.05, 3.63) is 12.7 Å². The molecule has 0 aromatic carbocycles. The lowest BCUT2D eigenvalue weighted by atomic mass is 9.92. The molecule has 1 atom stereocenters. The van der Waals surface area contributed by atoms with Gasteiger partial charge in [0.15, 0.2) is 0 Å². The predicted molar refractivity (Wildman–Crippen MR) is 58.9 cm³/mol. The third-order valence-electron chi connectivity index (χ3n) is 2.99. The normalized spacial score (nSPS) is 26.2. The maximum absolute atomic E-state index is 3.73. The molecule has 76 valence electrons. The van der Waals surface area contributed by atoms with E-state index < -0.39 is 0 Å². The first-order valence-corrected chi connectivity index (χ1v) is 5.48. The van der Waals surface area contributed by atoms with Crippen LogP contribution in [0.25, 0.3) is 0 Å². The van der Waals surface area contributed by atoms with Gasteiger partial charge in [-0.3, -0.25) is 0 Å². The fourth-order valence-electron chi connectivity index (χ4n) is 2.16. The molecule has 0 bridgehead atoms. The zero-order valence-electron chi connectivity index (χ0n) is 9.10. The Hall–Kier alpha value is -0.300. The Kier molecular flexibility index (Phi) is 3.98. The largest absolute Gasteiger partial charge is 0.314 e. The standard InChI is InChI=1S/C12H23N/c1-4-5-6-9-13-11-7-8-12(2,3)10-11/h4,11,13H,1,5-10H2,2-3H3. The van der Waals surface area contributed by atoms with E-state index in [1.54, 1.807) is 0 Å². The van der Waals surface area contributed by atoms with Gasteiger partial charge in [0.2, 0.25) is 0 Å². The maximum atomic E-state index is 3.73. The van der Waals surface area contributed by atoms with Crippen LogP contribution in [0, 0.1) is 5.41 Å². The molecule has 0 aliphatic heterocycles. The SMILES string of the molecule is C=CCCCNC1CCC(C)(C)C1. The summed E-state index contributed by atoms with van der Waals surface area (Å²) in [4.78, 5) is 0. The van der Waals surface area contributed by atoms with Crippen molar-refractivity contribution >= 4 is 0 Å².